The molecule has 1 amide bonds. The van der Waals surface area contributed by atoms with Crippen LogP contribution in [0.15, 0.2) is 0 Å². The minimum atomic E-state index is -2.51. The molecule has 4 nitrogen and oxygen atoms in total. The molecule has 2 atom stereocenters. The quantitative estimate of drug-likeness (QED) is 0.685. The van der Waals surface area contributed by atoms with Crippen molar-refractivity contribution in [3.63, 3.8) is 0 Å². The Kier molecular flexibility index (Phi) is 8.20. The van der Waals surface area contributed by atoms with Crippen LogP contribution in [-0.4, -0.2) is 38.1 Å². The lowest BCUT2D eigenvalue weighted by atomic mass is 9.86. The summed E-state index contributed by atoms with van der Waals surface area (Å²) < 4.78 is 30.6. The fourth-order valence-electron chi connectivity index (χ4n) is 2.00. The Hall–Kier alpha value is -0.750. The molecule has 0 unspecified atom stereocenters. The van der Waals surface area contributed by atoms with Crippen LogP contribution >= 0.6 is 0 Å². The van der Waals surface area contributed by atoms with Gasteiger partial charge in [-0.05, 0) is 18.8 Å². The predicted octanol–water partition coefficient (Wildman–Crippen LogP) is 2.17. The van der Waals surface area contributed by atoms with Gasteiger partial charge in [-0.1, -0.05) is 27.7 Å². The Morgan fingerprint density at radius 1 is 1.35 bits per heavy atom. The number of hydrogen-bond acceptors (Lipinski definition) is 3. The minimum Gasteiger partial charge on any atom is -0.383 e. The number of rotatable bonds is 9. The molecule has 6 heteroatoms. The van der Waals surface area contributed by atoms with E-state index in [4.69, 9.17) is 10.5 Å². The summed E-state index contributed by atoms with van der Waals surface area (Å²) in [5.41, 5.74) is 4.46. The first-order valence-corrected chi connectivity index (χ1v) is 6.93. The molecule has 0 spiro atoms. The summed E-state index contributed by atoms with van der Waals surface area (Å²) in [6, 6.07) is -1.08. The second kappa shape index (κ2) is 8.52. The normalized spacial score (nSPS) is 15.5. The first-order chi connectivity index (χ1) is 9.10. The van der Waals surface area contributed by atoms with Crippen LogP contribution < -0.4 is 11.1 Å². The molecule has 0 heterocycles. The van der Waals surface area contributed by atoms with Gasteiger partial charge in [0.2, 0.25) is 12.3 Å². The lowest BCUT2D eigenvalue weighted by Crippen LogP contribution is -2.49. The number of amides is 1. The Bertz CT molecular complexity index is 297. The van der Waals surface area contributed by atoms with E-state index in [-0.39, 0.29) is 12.5 Å². The van der Waals surface area contributed by atoms with Crippen molar-refractivity contribution < 1.29 is 18.3 Å². The molecule has 0 saturated heterocycles. The van der Waals surface area contributed by atoms with Crippen molar-refractivity contribution in [3.05, 3.63) is 0 Å². The molecular weight excluding hydrogens is 266 g/mol. The molecule has 0 aliphatic carbocycles. The molecule has 0 fully saturated rings. The highest BCUT2D eigenvalue weighted by molar-refractivity contribution is 5.81. The van der Waals surface area contributed by atoms with E-state index in [0.29, 0.717) is 12.5 Å². The lowest BCUT2D eigenvalue weighted by molar-refractivity contribution is -0.125. The van der Waals surface area contributed by atoms with Crippen LogP contribution in [0.5, 0.6) is 0 Å². The fourth-order valence-corrected chi connectivity index (χ4v) is 2.00. The highest BCUT2D eigenvalue weighted by Crippen LogP contribution is 2.29. The van der Waals surface area contributed by atoms with Crippen LogP contribution in [0.4, 0.5) is 8.78 Å². The summed E-state index contributed by atoms with van der Waals surface area (Å²) in [5, 5.41) is 2.78. The van der Waals surface area contributed by atoms with Gasteiger partial charge in [-0.2, -0.15) is 0 Å². The summed E-state index contributed by atoms with van der Waals surface area (Å²) >= 11 is 0. The van der Waals surface area contributed by atoms with Crippen molar-refractivity contribution >= 4 is 5.91 Å². The van der Waals surface area contributed by atoms with Crippen LogP contribution in [0.25, 0.3) is 0 Å². The van der Waals surface area contributed by atoms with Crippen molar-refractivity contribution in [2.45, 2.75) is 59.0 Å². The van der Waals surface area contributed by atoms with Gasteiger partial charge in [0.1, 0.15) is 0 Å². The van der Waals surface area contributed by atoms with Gasteiger partial charge >= 0.3 is 0 Å². The Morgan fingerprint density at radius 2 is 1.90 bits per heavy atom. The number of methoxy groups -OCH3 is 1. The van der Waals surface area contributed by atoms with E-state index < -0.39 is 23.8 Å². The molecule has 0 saturated carbocycles. The average Bonchev–Trinajstić information content (AvgIpc) is 2.27. The second-order valence-corrected chi connectivity index (χ2v) is 6.39. The van der Waals surface area contributed by atoms with Crippen molar-refractivity contribution in [2.75, 3.05) is 13.7 Å². The molecule has 0 radical (unpaired) electrons. The van der Waals surface area contributed by atoms with Gasteiger partial charge in [-0.3, -0.25) is 4.79 Å². The standard InChI is InChI=1S/C14H28F2N2O2/c1-9(2)6-10(8-20-5)18-12(19)11(17)7-14(3,4)13(15)16/h9-11,13H,6-8,17H2,1-5H3,(H,18,19)/t10-,11+/m0/s1. The highest BCUT2D eigenvalue weighted by Gasteiger charge is 2.34. The molecule has 0 aromatic carbocycles. The SMILES string of the molecule is COC[C@H](CC(C)C)NC(=O)[C@H](N)CC(C)(C)C(F)F. The summed E-state index contributed by atoms with van der Waals surface area (Å²) in [4.78, 5) is 12.0. The molecule has 20 heavy (non-hydrogen) atoms. The number of halogens is 2. The van der Waals surface area contributed by atoms with Gasteiger partial charge < -0.3 is 15.8 Å². The van der Waals surface area contributed by atoms with Gasteiger partial charge in [-0.15, -0.1) is 0 Å². The molecule has 3 N–H and O–H groups in total. The zero-order chi connectivity index (χ0) is 15.9. The van der Waals surface area contributed by atoms with Crippen molar-refractivity contribution in [1.82, 2.24) is 5.32 Å². The number of nitrogens with two attached hydrogens (primary N) is 1. The first-order valence-electron chi connectivity index (χ1n) is 6.93. The molecule has 0 rings (SSSR count). The lowest BCUT2D eigenvalue weighted by Gasteiger charge is -2.28. The highest BCUT2D eigenvalue weighted by atomic mass is 19.3. The third-order valence-electron chi connectivity index (χ3n) is 3.14. The zero-order valence-electron chi connectivity index (χ0n) is 13.1. The molecule has 0 aliphatic heterocycles. The van der Waals surface area contributed by atoms with E-state index in [1.165, 1.54) is 13.8 Å². The molecule has 0 aromatic rings. The van der Waals surface area contributed by atoms with Gasteiger partial charge in [0.25, 0.3) is 0 Å². The number of nitrogens with one attached hydrogen (secondary N) is 1. The van der Waals surface area contributed by atoms with Crippen molar-refractivity contribution in [3.8, 4) is 0 Å². The zero-order valence-corrected chi connectivity index (χ0v) is 13.1. The van der Waals surface area contributed by atoms with Crippen LogP contribution in [0.1, 0.15) is 40.5 Å². The maximum atomic E-state index is 12.8. The Labute approximate surface area is 120 Å². The van der Waals surface area contributed by atoms with Crippen LogP contribution in [-0.2, 0) is 9.53 Å². The van der Waals surface area contributed by atoms with Gasteiger partial charge in [0, 0.05) is 12.5 Å². The summed E-state index contributed by atoms with van der Waals surface area (Å²) in [7, 11) is 1.55. The minimum absolute atomic E-state index is 0.0577. The monoisotopic (exact) mass is 294 g/mol. The molecule has 0 aliphatic rings. The maximum Gasteiger partial charge on any atom is 0.243 e. The van der Waals surface area contributed by atoms with Crippen LogP contribution in [0, 0.1) is 11.3 Å². The summed E-state index contributed by atoms with van der Waals surface area (Å²) in [6.45, 7) is 7.27. The number of carbonyl (C=O) groups is 1. The van der Waals surface area contributed by atoms with E-state index >= 15 is 0 Å². The van der Waals surface area contributed by atoms with E-state index in [0.717, 1.165) is 6.42 Å². The second-order valence-electron chi connectivity index (χ2n) is 6.39. The Morgan fingerprint density at radius 3 is 2.30 bits per heavy atom. The van der Waals surface area contributed by atoms with Gasteiger partial charge in [0.05, 0.1) is 18.7 Å². The van der Waals surface area contributed by atoms with Gasteiger partial charge in [-0.25, -0.2) is 8.78 Å². The van der Waals surface area contributed by atoms with E-state index in [9.17, 15) is 13.6 Å². The number of hydrogen-bond donors (Lipinski definition) is 2. The number of carbonyl (C=O) groups excluding carboxylic acids is 1. The number of ether oxygens (including phenoxy) is 1. The van der Waals surface area contributed by atoms with E-state index in [1.807, 2.05) is 13.8 Å². The van der Waals surface area contributed by atoms with E-state index in [1.54, 1.807) is 7.11 Å². The van der Waals surface area contributed by atoms with Crippen molar-refractivity contribution in [2.24, 2.45) is 17.1 Å². The fraction of sp³-hybridized carbons (Fsp3) is 0.929. The average molecular weight is 294 g/mol. The van der Waals surface area contributed by atoms with E-state index in [2.05, 4.69) is 5.32 Å². The maximum absolute atomic E-state index is 12.8. The Balaban J connectivity index is 4.48. The number of alkyl halides is 2. The first kappa shape index (κ1) is 19.2. The van der Waals surface area contributed by atoms with Crippen molar-refractivity contribution in [1.29, 1.82) is 0 Å². The summed E-state index contributed by atoms with van der Waals surface area (Å²) in [5.74, 6) is -0.00870. The molecule has 0 bridgehead atoms. The van der Waals surface area contributed by atoms with Crippen LogP contribution in [0.3, 0.4) is 0 Å². The molecule has 120 valence electrons. The smallest absolute Gasteiger partial charge is 0.243 e. The predicted molar refractivity (Wildman–Crippen MR) is 75.6 cm³/mol. The topological polar surface area (TPSA) is 64.3 Å². The summed E-state index contributed by atoms with van der Waals surface area (Å²) in [6.07, 6.45) is -1.81. The molecule has 0 aromatic heterocycles. The third kappa shape index (κ3) is 7.14. The van der Waals surface area contributed by atoms with Crippen LogP contribution in [0.2, 0.25) is 0 Å². The third-order valence-corrected chi connectivity index (χ3v) is 3.14. The largest absolute Gasteiger partial charge is 0.383 e. The molecular formula is C14H28F2N2O2. The van der Waals surface area contributed by atoms with Gasteiger partial charge in [0.15, 0.2) is 0 Å².